The Kier molecular flexibility index (Phi) is 6.82. The number of thiazole rings is 1. The molecule has 0 saturated heterocycles. The van der Waals surface area contributed by atoms with Crippen molar-refractivity contribution in [3.63, 3.8) is 0 Å². The highest BCUT2D eigenvalue weighted by atomic mass is 35.5. The van der Waals surface area contributed by atoms with Crippen LogP contribution in [0, 0.1) is 0 Å². The summed E-state index contributed by atoms with van der Waals surface area (Å²) in [7, 11) is 0. The first kappa shape index (κ1) is 24.8. The molecule has 0 fully saturated rings. The molecule has 0 unspecified atom stereocenters. The monoisotopic (exact) mass is 512 g/mol. The molecule has 0 aliphatic carbocycles. The molecule has 178 valence electrons. The third-order valence-electron chi connectivity index (χ3n) is 5.54. The molecule has 0 aliphatic heterocycles. The Hall–Kier alpha value is -2.35. The molecule has 1 amide bonds. The van der Waals surface area contributed by atoms with E-state index in [-0.39, 0.29) is 22.5 Å². The fourth-order valence-electron chi connectivity index (χ4n) is 3.50. The standard InChI is InChI=1S/C26H29ClN4OS2/c1-25(2,3)17-11-18(26(4,5)6)13-20(12-17)28-22(32)15-34-24-30-29-23-31(24)21(14-33-23)16-7-9-19(27)10-8-16/h7-14H,15H2,1-6H3,(H,28,32). The molecule has 34 heavy (non-hydrogen) atoms. The molecule has 4 rings (SSSR count). The second-order valence-electron chi connectivity index (χ2n) is 10.4. The molecule has 5 nitrogen and oxygen atoms in total. The van der Waals surface area contributed by atoms with Crippen molar-refractivity contribution in [3.8, 4) is 11.3 Å². The van der Waals surface area contributed by atoms with Crippen molar-refractivity contribution in [2.45, 2.75) is 57.5 Å². The average molecular weight is 513 g/mol. The quantitative estimate of drug-likeness (QED) is 0.282. The fourth-order valence-corrected chi connectivity index (χ4v) is 5.27. The summed E-state index contributed by atoms with van der Waals surface area (Å²) in [5.74, 6) is 0.164. The van der Waals surface area contributed by atoms with Crippen LogP contribution in [0.5, 0.6) is 0 Å². The number of benzene rings is 2. The molecular weight excluding hydrogens is 484 g/mol. The van der Waals surface area contributed by atoms with Gasteiger partial charge in [-0.05, 0) is 51.8 Å². The fraction of sp³-hybridized carbons (Fsp3) is 0.346. The van der Waals surface area contributed by atoms with Crippen LogP contribution in [0.3, 0.4) is 0 Å². The number of nitrogens with one attached hydrogen (secondary N) is 1. The molecule has 2 aromatic heterocycles. The van der Waals surface area contributed by atoms with Crippen molar-refractivity contribution in [1.82, 2.24) is 14.6 Å². The van der Waals surface area contributed by atoms with Crippen LogP contribution < -0.4 is 5.32 Å². The normalized spacial score (nSPS) is 12.3. The van der Waals surface area contributed by atoms with Gasteiger partial charge in [-0.3, -0.25) is 9.20 Å². The van der Waals surface area contributed by atoms with Gasteiger partial charge < -0.3 is 5.32 Å². The van der Waals surface area contributed by atoms with E-state index in [2.05, 4.69) is 75.3 Å². The lowest BCUT2D eigenvalue weighted by Gasteiger charge is -2.26. The van der Waals surface area contributed by atoms with Gasteiger partial charge in [0.15, 0.2) is 5.16 Å². The average Bonchev–Trinajstić information content (AvgIpc) is 3.34. The molecule has 2 aromatic carbocycles. The molecule has 1 N–H and O–H groups in total. The lowest BCUT2D eigenvalue weighted by atomic mass is 9.80. The number of amides is 1. The summed E-state index contributed by atoms with van der Waals surface area (Å²) < 4.78 is 1.99. The summed E-state index contributed by atoms with van der Waals surface area (Å²) in [4.78, 5) is 13.7. The largest absolute Gasteiger partial charge is 0.325 e. The number of thioether (sulfide) groups is 1. The molecule has 0 saturated carbocycles. The van der Waals surface area contributed by atoms with E-state index in [9.17, 15) is 4.79 Å². The lowest BCUT2D eigenvalue weighted by molar-refractivity contribution is -0.113. The van der Waals surface area contributed by atoms with Crippen LogP contribution in [0.15, 0.2) is 53.0 Å². The first-order valence-corrected chi connectivity index (χ1v) is 13.3. The molecule has 0 spiro atoms. The molecule has 0 bridgehead atoms. The van der Waals surface area contributed by atoms with Crippen LogP contribution in [0.1, 0.15) is 52.7 Å². The minimum absolute atomic E-state index is 0.0143. The highest BCUT2D eigenvalue weighted by Gasteiger charge is 2.21. The summed E-state index contributed by atoms with van der Waals surface area (Å²) in [5.41, 5.74) is 5.21. The summed E-state index contributed by atoms with van der Waals surface area (Å²) in [6, 6.07) is 14.1. The molecule has 2 heterocycles. The molecule has 8 heteroatoms. The highest BCUT2D eigenvalue weighted by molar-refractivity contribution is 7.99. The Labute approximate surface area is 213 Å². The smallest absolute Gasteiger partial charge is 0.234 e. The Morgan fingerprint density at radius 1 is 1.00 bits per heavy atom. The van der Waals surface area contributed by atoms with Crippen LogP contribution in [0.2, 0.25) is 5.02 Å². The number of carbonyl (C=O) groups excluding carboxylic acids is 1. The Morgan fingerprint density at radius 2 is 1.62 bits per heavy atom. The maximum Gasteiger partial charge on any atom is 0.234 e. The number of fused-ring (bicyclic) bond motifs is 1. The van der Waals surface area contributed by atoms with Crippen molar-refractivity contribution >= 4 is 51.3 Å². The third kappa shape index (κ3) is 5.48. The number of nitrogens with zero attached hydrogens (tertiary/aromatic N) is 3. The maximum absolute atomic E-state index is 12.9. The molecule has 4 aromatic rings. The van der Waals surface area contributed by atoms with Crippen molar-refractivity contribution in [2.75, 3.05) is 11.1 Å². The van der Waals surface area contributed by atoms with Gasteiger partial charge in [0.2, 0.25) is 10.9 Å². The van der Waals surface area contributed by atoms with E-state index in [1.165, 1.54) is 34.2 Å². The zero-order valence-electron chi connectivity index (χ0n) is 20.3. The Balaban J connectivity index is 1.53. The number of rotatable bonds is 5. The maximum atomic E-state index is 12.9. The van der Waals surface area contributed by atoms with Gasteiger partial charge >= 0.3 is 0 Å². The minimum Gasteiger partial charge on any atom is -0.325 e. The third-order valence-corrected chi connectivity index (χ3v) is 7.54. The predicted octanol–water partition coefficient (Wildman–Crippen LogP) is 7.44. The zero-order valence-corrected chi connectivity index (χ0v) is 22.7. The van der Waals surface area contributed by atoms with Crippen molar-refractivity contribution < 1.29 is 4.79 Å². The van der Waals surface area contributed by atoms with Crippen molar-refractivity contribution in [2.24, 2.45) is 0 Å². The van der Waals surface area contributed by atoms with E-state index < -0.39 is 0 Å². The zero-order chi connectivity index (χ0) is 24.7. The van der Waals surface area contributed by atoms with E-state index in [1.54, 1.807) is 0 Å². The second kappa shape index (κ2) is 9.36. The summed E-state index contributed by atoms with van der Waals surface area (Å²) in [5, 5.41) is 15.1. The van der Waals surface area contributed by atoms with Gasteiger partial charge in [-0.15, -0.1) is 21.5 Å². The molecular formula is C26H29ClN4OS2. The number of hydrogen-bond acceptors (Lipinski definition) is 5. The van der Waals surface area contributed by atoms with Gasteiger partial charge in [0, 0.05) is 16.1 Å². The van der Waals surface area contributed by atoms with Crippen molar-refractivity contribution in [3.05, 3.63) is 64.0 Å². The SMILES string of the molecule is CC(C)(C)c1cc(NC(=O)CSc2nnc3scc(-c4ccc(Cl)cc4)n23)cc(C(C)(C)C)c1. The second-order valence-corrected chi connectivity index (χ2v) is 12.6. The van der Waals surface area contributed by atoms with Crippen LogP contribution in [0.25, 0.3) is 16.2 Å². The van der Waals surface area contributed by atoms with Gasteiger partial charge in [-0.2, -0.15) is 0 Å². The number of carbonyl (C=O) groups is 1. The van der Waals surface area contributed by atoms with E-state index in [0.29, 0.717) is 10.2 Å². The van der Waals surface area contributed by atoms with Gasteiger partial charge in [0.05, 0.1) is 11.4 Å². The number of aromatic nitrogens is 3. The van der Waals surface area contributed by atoms with Gasteiger partial charge in [0.1, 0.15) is 0 Å². The molecule has 0 radical (unpaired) electrons. The minimum atomic E-state index is -0.0732. The molecule has 0 aliphatic rings. The molecule has 0 atom stereocenters. The Bertz CT molecular complexity index is 1300. The summed E-state index contributed by atoms with van der Waals surface area (Å²) >= 11 is 8.94. The first-order valence-electron chi connectivity index (χ1n) is 11.1. The Morgan fingerprint density at radius 3 is 2.21 bits per heavy atom. The predicted molar refractivity (Wildman–Crippen MR) is 145 cm³/mol. The van der Waals surface area contributed by atoms with Crippen LogP contribution >= 0.6 is 34.7 Å². The topological polar surface area (TPSA) is 59.3 Å². The lowest BCUT2D eigenvalue weighted by Crippen LogP contribution is -2.19. The highest BCUT2D eigenvalue weighted by Crippen LogP contribution is 2.33. The number of hydrogen-bond donors (Lipinski definition) is 1. The first-order chi connectivity index (χ1) is 15.9. The van der Waals surface area contributed by atoms with Crippen LogP contribution in [-0.2, 0) is 15.6 Å². The van der Waals surface area contributed by atoms with E-state index in [1.807, 2.05) is 34.0 Å². The number of halogens is 1. The summed E-state index contributed by atoms with van der Waals surface area (Å²) in [6.07, 6.45) is 0. The van der Waals surface area contributed by atoms with E-state index in [4.69, 9.17) is 11.6 Å². The van der Waals surface area contributed by atoms with Gasteiger partial charge in [0.25, 0.3) is 0 Å². The van der Waals surface area contributed by atoms with E-state index >= 15 is 0 Å². The van der Waals surface area contributed by atoms with Crippen LogP contribution in [-0.4, -0.2) is 26.3 Å². The van der Waals surface area contributed by atoms with E-state index in [0.717, 1.165) is 21.9 Å². The van der Waals surface area contributed by atoms with Gasteiger partial charge in [-0.25, -0.2) is 0 Å². The number of anilines is 1. The van der Waals surface area contributed by atoms with Gasteiger partial charge in [-0.1, -0.05) is 83.1 Å². The summed E-state index contributed by atoms with van der Waals surface area (Å²) in [6.45, 7) is 13.1. The van der Waals surface area contributed by atoms with Crippen LogP contribution in [0.4, 0.5) is 5.69 Å². The van der Waals surface area contributed by atoms with Crippen molar-refractivity contribution in [1.29, 1.82) is 0 Å².